The Morgan fingerprint density at radius 1 is 1.60 bits per heavy atom. The minimum atomic E-state index is 0.446. The quantitative estimate of drug-likeness (QED) is 0.243. The summed E-state index contributed by atoms with van der Waals surface area (Å²) in [6, 6.07) is 1.80. The van der Waals surface area contributed by atoms with Crippen LogP contribution >= 0.6 is 12.0 Å². The molecular weight excluding hydrogens is 218 g/mol. The van der Waals surface area contributed by atoms with Gasteiger partial charge in [0, 0.05) is 24.0 Å². The summed E-state index contributed by atoms with van der Waals surface area (Å²) >= 11 is 1.16. The number of aryl methyl sites for hydroxylation is 1. The molecule has 6 heteroatoms. The van der Waals surface area contributed by atoms with E-state index in [1.165, 1.54) is 0 Å². The van der Waals surface area contributed by atoms with Crippen molar-refractivity contribution in [2.75, 3.05) is 12.4 Å². The molecular formula is C9H13NO4S. The second-order valence-electron chi connectivity index (χ2n) is 2.70. The van der Waals surface area contributed by atoms with Crippen LogP contribution in [0.2, 0.25) is 0 Å². The van der Waals surface area contributed by atoms with E-state index in [0.29, 0.717) is 12.3 Å². The predicted molar refractivity (Wildman–Crippen MR) is 56.1 cm³/mol. The number of carbonyl (C=O) groups is 1. The van der Waals surface area contributed by atoms with Crippen LogP contribution in [0.15, 0.2) is 12.3 Å². The molecule has 1 aromatic heterocycles. The van der Waals surface area contributed by atoms with Crippen LogP contribution in [0.5, 0.6) is 0 Å². The van der Waals surface area contributed by atoms with Crippen LogP contribution in [0.25, 0.3) is 0 Å². The molecule has 84 valence electrons. The summed E-state index contributed by atoms with van der Waals surface area (Å²) in [4.78, 5) is 17.7. The molecule has 0 aliphatic carbocycles. The van der Waals surface area contributed by atoms with Gasteiger partial charge in [0.05, 0.1) is 12.3 Å². The fraction of sp³-hybridized carbons (Fsp3) is 0.444. The van der Waals surface area contributed by atoms with E-state index in [9.17, 15) is 4.79 Å². The van der Waals surface area contributed by atoms with Gasteiger partial charge in [0.15, 0.2) is 6.29 Å². The highest BCUT2D eigenvalue weighted by molar-refractivity contribution is 7.94. The number of carbonyl (C=O) groups excluding carboxylic acids is 1. The van der Waals surface area contributed by atoms with Crippen molar-refractivity contribution in [3.63, 3.8) is 0 Å². The largest absolute Gasteiger partial charge is 0.359 e. The van der Waals surface area contributed by atoms with Crippen molar-refractivity contribution in [3.8, 4) is 0 Å². The fourth-order valence-corrected chi connectivity index (χ4v) is 1.42. The number of aromatic nitrogens is 1. The lowest BCUT2D eigenvalue weighted by atomic mass is 10.2. The van der Waals surface area contributed by atoms with E-state index < -0.39 is 0 Å². The molecule has 1 heterocycles. The number of aromatic amines is 1. The second kappa shape index (κ2) is 7.47. The van der Waals surface area contributed by atoms with Crippen molar-refractivity contribution >= 4 is 18.3 Å². The van der Waals surface area contributed by atoms with Gasteiger partial charge in [-0.15, -0.1) is 4.33 Å². The molecule has 0 saturated heterocycles. The third kappa shape index (κ3) is 4.98. The van der Waals surface area contributed by atoms with Gasteiger partial charge in [-0.1, -0.05) is 5.04 Å². The molecule has 1 aromatic rings. The highest BCUT2D eigenvalue weighted by Crippen LogP contribution is 2.09. The maximum atomic E-state index is 10.4. The normalized spacial score (nSPS) is 10.5. The Labute approximate surface area is 92.2 Å². The lowest BCUT2D eigenvalue weighted by Crippen LogP contribution is -1.92. The standard InChI is InChI=1S/C9H13NO4S/c1-2-12-13-14-15-4-3-8-5-9(7-11)10-6-8/h5-7,10H,2-4H2,1H3. The molecule has 0 aliphatic rings. The Bertz CT molecular complexity index is 289. The van der Waals surface area contributed by atoms with E-state index in [2.05, 4.69) is 19.2 Å². The van der Waals surface area contributed by atoms with Crippen molar-refractivity contribution in [1.29, 1.82) is 0 Å². The van der Waals surface area contributed by atoms with Gasteiger partial charge in [0.1, 0.15) is 0 Å². The van der Waals surface area contributed by atoms with E-state index in [-0.39, 0.29) is 0 Å². The molecule has 0 fully saturated rings. The SMILES string of the molecule is CCOOOSCCc1c[nH]c(C=O)c1. The average molecular weight is 231 g/mol. The summed E-state index contributed by atoms with van der Waals surface area (Å²) < 4.78 is 4.64. The van der Waals surface area contributed by atoms with E-state index >= 15 is 0 Å². The van der Waals surface area contributed by atoms with Gasteiger partial charge in [-0.3, -0.25) is 4.79 Å². The Hall–Kier alpha value is -0.820. The highest BCUT2D eigenvalue weighted by atomic mass is 32.2. The third-order valence-electron chi connectivity index (χ3n) is 1.61. The van der Waals surface area contributed by atoms with E-state index in [0.717, 1.165) is 36.1 Å². The van der Waals surface area contributed by atoms with Crippen LogP contribution in [-0.2, 0) is 20.7 Å². The molecule has 0 amide bonds. The first kappa shape index (κ1) is 12.3. The molecule has 5 nitrogen and oxygen atoms in total. The van der Waals surface area contributed by atoms with Crippen molar-refractivity contribution in [3.05, 3.63) is 23.5 Å². The minimum absolute atomic E-state index is 0.446. The number of hydrogen-bond donors (Lipinski definition) is 1. The summed E-state index contributed by atoms with van der Waals surface area (Å²) in [5.41, 5.74) is 1.64. The Kier molecular flexibility index (Phi) is 6.10. The molecule has 0 radical (unpaired) electrons. The second-order valence-corrected chi connectivity index (χ2v) is 3.48. The predicted octanol–water partition coefficient (Wildman–Crippen LogP) is 1.92. The fourth-order valence-electron chi connectivity index (χ4n) is 0.952. The topological polar surface area (TPSA) is 60.6 Å². The summed E-state index contributed by atoms with van der Waals surface area (Å²) in [6.07, 6.45) is 3.38. The van der Waals surface area contributed by atoms with Gasteiger partial charge in [-0.2, -0.15) is 0 Å². The maximum Gasteiger partial charge on any atom is 0.166 e. The molecule has 1 rings (SSSR count). The Balaban J connectivity index is 2.07. The van der Waals surface area contributed by atoms with Gasteiger partial charge in [0.2, 0.25) is 0 Å². The summed E-state index contributed by atoms with van der Waals surface area (Å²) in [6.45, 7) is 2.25. The minimum Gasteiger partial charge on any atom is -0.359 e. The third-order valence-corrected chi connectivity index (χ3v) is 2.13. The van der Waals surface area contributed by atoms with Gasteiger partial charge in [0.25, 0.3) is 0 Å². The summed E-state index contributed by atoms with van der Waals surface area (Å²) in [5, 5.41) is 4.35. The average Bonchev–Trinajstić information content (AvgIpc) is 2.71. The van der Waals surface area contributed by atoms with Crippen molar-refractivity contribution < 1.29 is 19.1 Å². The van der Waals surface area contributed by atoms with Crippen LogP contribution < -0.4 is 0 Å². The Morgan fingerprint density at radius 2 is 2.47 bits per heavy atom. The van der Waals surface area contributed by atoms with Gasteiger partial charge < -0.3 is 4.98 Å². The van der Waals surface area contributed by atoms with Crippen LogP contribution in [0.4, 0.5) is 0 Å². The molecule has 1 N–H and O–H groups in total. The molecule has 0 bridgehead atoms. The van der Waals surface area contributed by atoms with E-state index in [1.54, 1.807) is 19.2 Å². The monoisotopic (exact) mass is 231 g/mol. The molecule has 0 saturated carbocycles. The van der Waals surface area contributed by atoms with Crippen LogP contribution in [0, 0.1) is 0 Å². The van der Waals surface area contributed by atoms with Crippen molar-refractivity contribution in [2.45, 2.75) is 13.3 Å². The molecule has 0 spiro atoms. The number of rotatable bonds is 8. The number of hydrogen-bond acceptors (Lipinski definition) is 5. The highest BCUT2D eigenvalue weighted by Gasteiger charge is 1.98. The van der Waals surface area contributed by atoms with Crippen LogP contribution in [0.1, 0.15) is 23.0 Å². The molecule has 0 aliphatic heterocycles. The zero-order chi connectivity index (χ0) is 10.9. The molecule has 0 atom stereocenters. The van der Waals surface area contributed by atoms with Gasteiger partial charge in [-0.05, 0) is 25.0 Å². The van der Waals surface area contributed by atoms with Crippen LogP contribution in [-0.4, -0.2) is 23.6 Å². The lowest BCUT2D eigenvalue weighted by molar-refractivity contribution is -0.458. The van der Waals surface area contributed by atoms with Crippen molar-refractivity contribution in [1.82, 2.24) is 4.98 Å². The van der Waals surface area contributed by atoms with E-state index in [1.807, 2.05) is 0 Å². The van der Waals surface area contributed by atoms with Crippen LogP contribution in [0.3, 0.4) is 0 Å². The first-order valence-corrected chi connectivity index (χ1v) is 5.48. The number of H-pyrrole nitrogens is 1. The summed E-state index contributed by atoms with van der Waals surface area (Å²) in [5.74, 6) is 0.725. The molecule has 15 heavy (non-hydrogen) atoms. The zero-order valence-corrected chi connectivity index (χ0v) is 9.21. The maximum absolute atomic E-state index is 10.4. The first-order valence-electron chi connectivity index (χ1n) is 4.57. The molecule has 0 aromatic carbocycles. The first-order chi connectivity index (χ1) is 7.36. The molecule has 0 unspecified atom stereocenters. The van der Waals surface area contributed by atoms with Gasteiger partial charge >= 0.3 is 0 Å². The van der Waals surface area contributed by atoms with E-state index in [4.69, 9.17) is 0 Å². The van der Waals surface area contributed by atoms with Crippen molar-refractivity contribution in [2.24, 2.45) is 0 Å². The Morgan fingerprint density at radius 3 is 3.13 bits per heavy atom. The zero-order valence-electron chi connectivity index (χ0n) is 8.39. The van der Waals surface area contributed by atoms with Gasteiger partial charge in [-0.25, -0.2) is 4.89 Å². The number of aldehydes is 1. The summed E-state index contributed by atoms with van der Waals surface area (Å²) in [7, 11) is 0. The number of nitrogens with one attached hydrogen (secondary N) is 1. The lowest BCUT2D eigenvalue weighted by Gasteiger charge is -1.98. The smallest absolute Gasteiger partial charge is 0.166 e.